The van der Waals surface area contributed by atoms with Crippen LogP contribution in [0.4, 0.5) is 0 Å². The fourth-order valence-electron chi connectivity index (χ4n) is 1.41. The van der Waals surface area contributed by atoms with E-state index < -0.39 is 10.0 Å². The lowest BCUT2D eigenvalue weighted by Crippen LogP contribution is -2.28. The first-order chi connectivity index (χ1) is 8.14. The minimum atomic E-state index is -3.17. The Kier molecular flexibility index (Phi) is 6.18. The van der Waals surface area contributed by atoms with Crippen LogP contribution in [0, 0.1) is 0 Å². The monoisotopic (exact) mass is 257 g/mol. The normalized spacial score (nSPS) is 11.6. The molecule has 1 rings (SSSR count). The zero-order valence-corrected chi connectivity index (χ0v) is 10.9. The summed E-state index contributed by atoms with van der Waals surface area (Å²) in [5.74, 6) is 0.129. The topological polar surface area (TPSA) is 55.4 Å². The Morgan fingerprint density at radius 2 is 1.94 bits per heavy atom. The highest BCUT2D eigenvalue weighted by molar-refractivity contribution is 7.89. The van der Waals surface area contributed by atoms with Gasteiger partial charge >= 0.3 is 0 Å². The van der Waals surface area contributed by atoms with E-state index in [4.69, 9.17) is 4.74 Å². The average molecular weight is 257 g/mol. The molecule has 0 heterocycles. The number of ether oxygens (including phenoxy) is 1. The summed E-state index contributed by atoms with van der Waals surface area (Å²) in [5, 5.41) is 0. The molecule has 1 N–H and O–H groups in total. The van der Waals surface area contributed by atoms with Crippen molar-refractivity contribution in [2.24, 2.45) is 0 Å². The van der Waals surface area contributed by atoms with Gasteiger partial charge in [-0.1, -0.05) is 30.3 Å². The van der Waals surface area contributed by atoms with Crippen LogP contribution in [-0.4, -0.2) is 34.4 Å². The van der Waals surface area contributed by atoms with Gasteiger partial charge in [0.15, 0.2) is 0 Å². The molecular formula is C12H19NO3S. The Morgan fingerprint density at radius 1 is 1.24 bits per heavy atom. The van der Waals surface area contributed by atoms with Crippen molar-refractivity contribution >= 4 is 10.0 Å². The number of nitrogens with one attached hydrogen (secondary N) is 1. The van der Waals surface area contributed by atoms with Crippen LogP contribution in [0.3, 0.4) is 0 Å². The van der Waals surface area contributed by atoms with Gasteiger partial charge in [0.05, 0.1) is 5.75 Å². The van der Waals surface area contributed by atoms with E-state index in [-0.39, 0.29) is 5.75 Å². The molecule has 0 aliphatic rings. The lowest BCUT2D eigenvalue weighted by molar-refractivity contribution is 0.196. The molecular weight excluding hydrogens is 238 g/mol. The molecule has 0 amide bonds. The van der Waals surface area contributed by atoms with E-state index in [9.17, 15) is 8.42 Å². The first-order valence-corrected chi connectivity index (χ1v) is 7.29. The Morgan fingerprint density at radius 3 is 2.59 bits per heavy atom. The number of hydrogen-bond donors (Lipinski definition) is 1. The third-order valence-corrected chi connectivity index (χ3v) is 3.74. The van der Waals surface area contributed by atoms with Crippen LogP contribution in [0.2, 0.25) is 0 Å². The molecule has 1 aromatic carbocycles. The Bertz CT molecular complexity index is 403. The van der Waals surface area contributed by atoms with Crippen LogP contribution in [-0.2, 0) is 21.2 Å². The van der Waals surface area contributed by atoms with Gasteiger partial charge in [-0.05, 0) is 18.4 Å². The third-order valence-electron chi connectivity index (χ3n) is 2.35. The molecule has 0 aromatic heterocycles. The van der Waals surface area contributed by atoms with E-state index in [0.29, 0.717) is 26.0 Å². The van der Waals surface area contributed by atoms with Gasteiger partial charge in [0, 0.05) is 20.3 Å². The van der Waals surface area contributed by atoms with Crippen LogP contribution in [0.5, 0.6) is 0 Å². The lowest BCUT2D eigenvalue weighted by atomic mass is 10.2. The highest BCUT2D eigenvalue weighted by atomic mass is 32.2. The maximum absolute atomic E-state index is 11.6. The highest BCUT2D eigenvalue weighted by Crippen LogP contribution is 2.01. The summed E-state index contributed by atoms with van der Waals surface area (Å²) >= 11 is 0. The van der Waals surface area contributed by atoms with Crippen LogP contribution in [0.25, 0.3) is 0 Å². The molecule has 96 valence electrons. The maximum atomic E-state index is 11.6. The molecule has 0 saturated heterocycles. The van der Waals surface area contributed by atoms with Crippen molar-refractivity contribution in [3.63, 3.8) is 0 Å². The Labute approximate surface area is 103 Å². The number of benzene rings is 1. The zero-order chi connectivity index (χ0) is 12.6. The minimum Gasteiger partial charge on any atom is -0.385 e. The van der Waals surface area contributed by atoms with Crippen molar-refractivity contribution < 1.29 is 13.2 Å². The number of methoxy groups -OCH3 is 1. The third kappa shape index (κ3) is 6.41. The first-order valence-electron chi connectivity index (χ1n) is 5.64. The second-order valence-corrected chi connectivity index (χ2v) is 5.72. The summed E-state index contributed by atoms with van der Waals surface area (Å²) in [6, 6.07) is 9.60. The molecule has 0 spiro atoms. The predicted octanol–water partition coefficient (Wildman–Crippen LogP) is 1.18. The molecule has 4 nitrogen and oxygen atoms in total. The van der Waals surface area contributed by atoms with Gasteiger partial charge in [-0.15, -0.1) is 0 Å². The zero-order valence-electron chi connectivity index (χ0n) is 10.1. The molecule has 0 atom stereocenters. The second-order valence-electron chi connectivity index (χ2n) is 3.80. The first kappa shape index (κ1) is 14.2. The molecule has 0 bridgehead atoms. The fraction of sp³-hybridized carbons (Fsp3) is 0.500. The molecule has 0 unspecified atom stereocenters. The maximum Gasteiger partial charge on any atom is 0.211 e. The van der Waals surface area contributed by atoms with Crippen LogP contribution < -0.4 is 4.72 Å². The molecule has 0 saturated carbocycles. The standard InChI is InChI=1S/C12H19NO3S/c1-16-10-5-9-13-17(14,15)11-8-12-6-3-2-4-7-12/h2-4,6-7,13H,5,8-11H2,1H3. The van der Waals surface area contributed by atoms with Crippen molar-refractivity contribution in [1.29, 1.82) is 0 Å². The Hall–Kier alpha value is -0.910. The van der Waals surface area contributed by atoms with Crippen molar-refractivity contribution in [3.05, 3.63) is 35.9 Å². The van der Waals surface area contributed by atoms with Gasteiger partial charge in [-0.3, -0.25) is 0 Å². The molecule has 5 heteroatoms. The fourth-order valence-corrected chi connectivity index (χ4v) is 2.52. The van der Waals surface area contributed by atoms with Gasteiger partial charge in [0.1, 0.15) is 0 Å². The van der Waals surface area contributed by atoms with Crippen LogP contribution in [0.1, 0.15) is 12.0 Å². The van der Waals surface area contributed by atoms with Crippen molar-refractivity contribution in [3.8, 4) is 0 Å². The number of hydrogen-bond acceptors (Lipinski definition) is 3. The largest absolute Gasteiger partial charge is 0.385 e. The highest BCUT2D eigenvalue weighted by Gasteiger charge is 2.09. The predicted molar refractivity (Wildman–Crippen MR) is 68.4 cm³/mol. The summed E-state index contributed by atoms with van der Waals surface area (Å²) in [4.78, 5) is 0. The van der Waals surface area contributed by atoms with Gasteiger partial charge in [0.2, 0.25) is 10.0 Å². The van der Waals surface area contributed by atoms with E-state index in [2.05, 4.69) is 4.72 Å². The second kappa shape index (κ2) is 7.42. The van der Waals surface area contributed by atoms with Crippen molar-refractivity contribution in [2.45, 2.75) is 12.8 Å². The molecule has 0 aliphatic heterocycles. The molecule has 0 radical (unpaired) electrons. The van der Waals surface area contributed by atoms with E-state index in [1.165, 1.54) is 0 Å². The van der Waals surface area contributed by atoms with E-state index in [1.54, 1.807) is 7.11 Å². The summed E-state index contributed by atoms with van der Waals surface area (Å²) < 4.78 is 30.6. The van der Waals surface area contributed by atoms with Crippen molar-refractivity contribution in [1.82, 2.24) is 4.72 Å². The SMILES string of the molecule is COCCCNS(=O)(=O)CCc1ccccc1. The summed E-state index contributed by atoms with van der Waals surface area (Å²) in [5.41, 5.74) is 1.04. The summed E-state index contributed by atoms with van der Waals surface area (Å²) in [6.45, 7) is 1.01. The minimum absolute atomic E-state index is 0.129. The number of sulfonamides is 1. The number of rotatable bonds is 8. The molecule has 1 aromatic rings. The average Bonchev–Trinajstić information content (AvgIpc) is 2.34. The number of aryl methyl sites for hydroxylation is 1. The van der Waals surface area contributed by atoms with E-state index >= 15 is 0 Å². The van der Waals surface area contributed by atoms with Gasteiger partial charge in [-0.25, -0.2) is 13.1 Å². The van der Waals surface area contributed by atoms with Crippen molar-refractivity contribution in [2.75, 3.05) is 26.0 Å². The lowest BCUT2D eigenvalue weighted by Gasteiger charge is -2.06. The van der Waals surface area contributed by atoms with E-state index in [1.807, 2.05) is 30.3 Å². The van der Waals surface area contributed by atoms with Gasteiger partial charge in [0.25, 0.3) is 0 Å². The molecule has 17 heavy (non-hydrogen) atoms. The summed E-state index contributed by atoms with van der Waals surface area (Å²) in [7, 11) is -1.56. The molecule has 0 aliphatic carbocycles. The van der Waals surface area contributed by atoms with Gasteiger partial charge < -0.3 is 4.74 Å². The van der Waals surface area contributed by atoms with Gasteiger partial charge in [-0.2, -0.15) is 0 Å². The Balaban J connectivity index is 2.30. The quantitative estimate of drug-likeness (QED) is 0.712. The van der Waals surface area contributed by atoms with E-state index in [0.717, 1.165) is 5.56 Å². The van der Waals surface area contributed by atoms with Crippen LogP contribution >= 0.6 is 0 Å². The summed E-state index contributed by atoms with van der Waals surface area (Å²) in [6.07, 6.45) is 1.24. The molecule has 0 fully saturated rings. The smallest absolute Gasteiger partial charge is 0.211 e. The van der Waals surface area contributed by atoms with Crippen LogP contribution in [0.15, 0.2) is 30.3 Å².